The molecule has 0 aliphatic rings. The van der Waals surface area contributed by atoms with Crippen molar-refractivity contribution in [2.75, 3.05) is 7.11 Å². The van der Waals surface area contributed by atoms with Gasteiger partial charge in [-0.3, -0.25) is 0 Å². The minimum Gasteiger partial charge on any atom is -0.497 e. The van der Waals surface area contributed by atoms with Crippen molar-refractivity contribution in [3.05, 3.63) is 46.1 Å². The lowest BCUT2D eigenvalue weighted by Gasteiger charge is -2.10. The van der Waals surface area contributed by atoms with Crippen LogP contribution in [0.5, 0.6) is 17.4 Å². The maximum atomic E-state index is 5.73. The summed E-state index contributed by atoms with van der Waals surface area (Å²) in [6, 6.07) is 9.27. The molecule has 0 aliphatic carbocycles. The second kappa shape index (κ2) is 6.04. The Kier molecular flexibility index (Phi) is 4.39. The van der Waals surface area contributed by atoms with Crippen molar-refractivity contribution >= 4 is 15.9 Å². The lowest BCUT2D eigenvalue weighted by Crippen LogP contribution is -1.98. The lowest BCUT2D eigenvalue weighted by molar-refractivity contribution is 0.406. The summed E-state index contributed by atoms with van der Waals surface area (Å²) in [5.74, 6) is 1.91. The van der Waals surface area contributed by atoms with Crippen LogP contribution in [-0.2, 0) is 6.54 Å². The molecule has 19 heavy (non-hydrogen) atoms. The molecule has 0 saturated carbocycles. The first-order valence-corrected chi connectivity index (χ1v) is 6.60. The van der Waals surface area contributed by atoms with Crippen molar-refractivity contribution in [3.8, 4) is 17.4 Å². The number of hydrogen-bond acceptors (Lipinski definition) is 4. The average molecular weight is 323 g/mol. The van der Waals surface area contributed by atoms with Crippen molar-refractivity contribution in [1.29, 1.82) is 0 Å². The first-order chi connectivity index (χ1) is 9.12. The highest BCUT2D eigenvalue weighted by Crippen LogP contribution is 2.27. The number of rotatable bonds is 4. The van der Waals surface area contributed by atoms with Gasteiger partial charge in [-0.25, -0.2) is 4.98 Å². The zero-order valence-electron chi connectivity index (χ0n) is 10.8. The van der Waals surface area contributed by atoms with Crippen molar-refractivity contribution in [2.45, 2.75) is 13.5 Å². The van der Waals surface area contributed by atoms with E-state index >= 15 is 0 Å². The molecule has 1 aromatic heterocycles. The molecule has 0 spiro atoms. The summed E-state index contributed by atoms with van der Waals surface area (Å²) in [4.78, 5) is 4.34. The number of methoxy groups -OCH3 is 1. The van der Waals surface area contributed by atoms with E-state index in [2.05, 4.69) is 20.9 Å². The smallest absolute Gasteiger partial charge is 0.219 e. The first kappa shape index (κ1) is 13.8. The van der Waals surface area contributed by atoms with Crippen molar-refractivity contribution in [1.82, 2.24) is 4.98 Å². The molecule has 5 heteroatoms. The third kappa shape index (κ3) is 3.45. The molecule has 4 nitrogen and oxygen atoms in total. The fourth-order valence-corrected chi connectivity index (χ4v) is 1.84. The summed E-state index contributed by atoms with van der Waals surface area (Å²) in [7, 11) is 1.61. The Bertz CT molecular complexity index is 565. The van der Waals surface area contributed by atoms with Crippen LogP contribution in [0.15, 0.2) is 34.8 Å². The van der Waals surface area contributed by atoms with E-state index in [9.17, 15) is 0 Å². The second-order valence-corrected chi connectivity index (χ2v) is 4.89. The van der Waals surface area contributed by atoms with Gasteiger partial charge in [0, 0.05) is 23.2 Å². The Balaban J connectivity index is 2.29. The Morgan fingerprint density at radius 3 is 2.58 bits per heavy atom. The molecule has 0 aliphatic heterocycles. The third-order valence-electron chi connectivity index (χ3n) is 2.63. The van der Waals surface area contributed by atoms with Crippen LogP contribution in [0.3, 0.4) is 0 Å². The number of nitrogens with zero attached hydrogens (tertiary/aromatic N) is 1. The summed E-state index contributed by atoms with van der Waals surface area (Å²) < 4.78 is 11.9. The highest BCUT2D eigenvalue weighted by Gasteiger charge is 2.05. The fourth-order valence-electron chi connectivity index (χ4n) is 1.62. The lowest BCUT2D eigenvalue weighted by atomic mass is 10.2. The SMILES string of the molecule is COc1cc(CN)cc(Oc2ccc(Br)c(C)n2)c1. The third-order valence-corrected chi connectivity index (χ3v) is 3.47. The molecule has 0 bridgehead atoms. The van der Waals surface area contributed by atoms with Gasteiger partial charge in [-0.1, -0.05) is 0 Å². The van der Waals surface area contributed by atoms with Crippen LogP contribution in [0.25, 0.3) is 0 Å². The molecule has 0 amide bonds. The maximum Gasteiger partial charge on any atom is 0.219 e. The molecule has 0 saturated heterocycles. The van der Waals surface area contributed by atoms with Crippen LogP contribution < -0.4 is 15.2 Å². The van der Waals surface area contributed by atoms with E-state index in [1.165, 1.54) is 0 Å². The first-order valence-electron chi connectivity index (χ1n) is 5.81. The van der Waals surface area contributed by atoms with Crippen molar-refractivity contribution in [2.24, 2.45) is 5.73 Å². The molecule has 0 atom stereocenters. The minimum absolute atomic E-state index is 0.431. The van der Waals surface area contributed by atoms with Crippen LogP contribution in [-0.4, -0.2) is 12.1 Å². The molecule has 0 unspecified atom stereocenters. The van der Waals surface area contributed by atoms with E-state index in [1.807, 2.05) is 25.1 Å². The zero-order valence-corrected chi connectivity index (χ0v) is 12.4. The highest BCUT2D eigenvalue weighted by atomic mass is 79.9. The summed E-state index contributed by atoms with van der Waals surface area (Å²) in [5.41, 5.74) is 7.47. The molecule has 2 aromatic rings. The zero-order chi connectivity index (χ0) is 13.8. The van der Waals surface area contributed by atoms with E-state index in [0.29, 0.717) is 23.9 Å². The monoisotopic (exact) mass is 322 g/mol. The van der Waals surface area contributed by atoms with Gasteiger partial charge in [0.2, 0.25) is 5.88 Å². The van der Waals surface area contributed by atoms with Crippen LogP contribution in [0.2, 0.25) is 0 Å². The summed E-state index contributed by atoms with van der Waals surface area (Å²) in [6.07, 6.45) is 0. The van der Waals surface area contributed by atoms with Gasteiger partial charge in [-0.15, -0.1) is 0 Å². The number of pyridine rings is 1. The van der Waals surface area contributed by atoms with Gasteiger partial charge < -0.3 is 15.2 Å². The van der Waals surface area contributed by atoms with Crippen molar-refractivity contribution in [3.63, 3.8) is 0 Å². The molecule has 2 N–H and O–H groups in total. The summed E-state index contributed by atoms with van der Waals surface area (Å²) >= 11 is 3.41. The minimum atomic E-state index is 0.431. The Hall–Kier alpha value is -1.59. The fraction of sp³-hybridized carbons (Fsp3) is 0.214. The number of nitrogens with two attached hydrogens (primary N) is 1. The predicted octanol–water partition coefficient (Wildman–Crippen LogP) is 3.41. The standard InChI is InChI=1S/C14H15BrN2O2/c1-9-13(15)3-4-14(17-9)19-12-6-10(8-16)5-11(7-12)18-2/h3-7H,8,16H2,1-2H3. The van der Waals surface area contributed by atoms with E-state index in [0.717, 1.165) is 15.7 Å². The predicted molar refractivity (Wildman–Crippen MR) is 77.6 cm³/mol. The number of halogens is 1. The topological polar surface area (TPSA) is 57.4 Å². The quantitative estimate of drug-likeness (QED) is 0.937. The summed E-state index contributed by atoms with van der Waals surface area (Å²) in [5, 5.41) is 0. The number of aromatic nitrogens is 1. The Morgan fingerprint density at radius 1 is 1.21 bits per heavy atom. The largest absolute Gasteiger partial charge is 0.497 e. The molecular weight excluding hydrogens is 308 g/mol. The van der Waals surface area contributed by atoms with Crippen LogP contribution in [0.1, 0.15) is 11.3 Å². The average Bonchev–Trinajstić information content (AvgIpc) is 2.42. The molecule has 2 rings (SSSR count). The van der Waals surface area contributed by atoms with E-state index < -0.39 is 0 Å². The maximum absolute atomic E-state index is 5.73. The van der Waals surface area contributed by atoms with Gasteiger partial charge in [-0.2, -0.15) is 0 Å². The van der Waals surface area contributed by atoms with E-state index in [4.69, 9.17) is 15.2 Å². The van der Waals surface area contributed by atoms with Gasteiger partial charge >= 0.3 is 0 Å². The number of ether oxygens (including phenoxy) is 2. The number of aryl methyl sites for hydroxylation is 1. The molecule has 100 valence electrons. The molecule has 0 radical (unpaired) electrons. The molecular formula is C14H15BrN2O2. The van der Waals surface area contributed by atoms with Crippen LogP contribution in [0, 0.1) is 6.92 Å². The molecule has 0 fully saturated rings. The van der Waals surface area contributed by atoms with Gasteiger partial charge in [0.1, 0.15) is 11.5 Å². The normalized spacial score (nSPS) is 10.3. The van der Waals surface area contributed by atoms with E-state index in [-0.39, 0.29) is 0 Å². The van der Waals surface area contributed by atoms with Crippen LogP contribution >= 0.6 is 15.9 Å². The van der Waals surface area contributed by atoms with Crippen LogP contribution in [0.4, 0.5) is 0 Å². The van der Waals surface area contributed by atoms with Gasteiger partial charge in [0.25, 0.3) is 0 Å². The van der Waals surface area contributed by atoms with Gasteiger partial charge in [0.05, 0.1) is 12.8 Å². The second-order valence-electron chi connectivity index (χ2n) is 4.04. The Morgan fingerprint density at radius 2 is 1.95 bits per heavy atom. The number of benzene rings is 1. The number of hydrogen-bond donors (Lipinski definition) is 1. The Labute approximate surface area is 120 Å². The van der Waals surface area contributed by atoms with E-state index in [1.54, 1.807) is 19.2 Å². The van der Waals surface area contributed by atoms with Gasteiger partial charge in [-0.05, 0) is 46.6 Å². The molecule has 1 heterocycles. The van der Waals surface area contributed by atoms with Crippen molar-refractivity contribution < 1.29 is 9.47 Å². The molecule has 1 aromatic carbocycles. The highest BCUT2D eigenvalue weighted by molar-refractivity contribution is 9.10. The summed E-state index contributed by atoms with van der Waals surface area (Å²) in [6.45, 7) is 2.34. The van der Waals surface area contributed by atoms with Gasteiger partial charge in [0.15, 0.2) is 0 Å².